The van der Waals surface area contributed by atoms with Crippen molar-refractivity contribution in [1.82, 2.24) is 24.8 Å². The largest absolute Gasteiger partial charge is 0.352 e. The molecule has 6 heteroatoms. The van der Waals surface area contributed by atoms with Crippen LogP contribution in [0, 0.1) is 6.92 Å². The van der Waals surface area contributed by atoms with Gasteiger partial charge in [0.15, 0.2) is 5.11 Å². The molecule has 0 aromatic carbocycles. The van der Waals surface area contributed by atoms with Crippen molar-refractivity contribution in [2.45, 2.75) is 25.9 Å². The molecule has 1 aliphatic heterocycles. The minimum absolute atomic E-state index is 0.00254. The van der Waals surface area contributed by atoms with Crippen molar-refractivity contribution in [2.75, 3.05) is 6.54 Å². The first-order valence-electron chi connectivity index (χ1n) is 8.77. The van der Waals surface area contributed by atoms with Crippen molar-refractivity contribution >= 4 is 17.3 Å². The molecule has 3 aromatic rings. The topological polar surface area (TPSA) is 46.0 Å². The van der Waals surface area contributed by atoms with Crippen molar-refractivity contribution in [3.63, 3.8) is 0 Å². The lowest BCUT2D eigenvalue weighted by molar-refractivity contribution is 0.321. The van der Waals surface area contributed by atoms with E-state index in [-0.39, 0.29) is 12.1 Å². The average Bonchev–Trinajstić information content (AvgIpc) is 3.27. The van der Waals surface area contributed by atoms with E-state index in [1.165, 1.54) is 0 Å². The highest BCUT2D eigenvalue weighted by Crippen LogP contribution is 2.39. The fourth-order valence-electron chi connectivity index (χ4n) is 3.51. The van der Waals surface area contributed by atoms with Gasteiger partial charge in [0, 0.05) is 30.8 Å². The number of thiocarbonyl (C=S) groups is 1. The van der Waals surface area contributed by atoms with Gasteiger partial charge in [0.05, 0.1) is 17.8 Å². The highest BCUT2D eigenvalue weighted by molar-refractivity contribution is 7.80. The van der Waals surface area contributed by atoms with Gasteiger partial charge in [0.25, 0.3) is 0 Å². The maximum Gasteiger partial charge on any atom is 0.170 e. The number of aromatic nitrogens is 3. The first kappa shape index (κ1) is 16.7. The molecule has 0 radical (unpaired) electrons. The van der Waals surface area contributed by atoms with Crippen LogP contribution in [-0.2, 0) is 0 Å². The van der Waals surface area contributed by atoms with Crippen LogP contribution in [0.5, 0.6) is 0 Å². The van der Waals surface area contributed by atoms with E-state index >= 15 is 0 Å². The van der Waals surface area contributed by atoms with Crippen LogP contribution < -0.4 is 5.32 Å². The smallest absolute Gasteiger partial charge is 0.170 e. The van der Waals surface area contributed by atoms with E-state index in [1.807, 2.05) is 43.6 Å². The van der Waals surface area contributed by atoms with Crippen LogP contribution in [0.2, 0.25) is 0 Å². The van der Waals surface area contributed by atoms with Gasteiger partial charge in [-0.25, -0.2) is 4.98 Å². The fraction of sp³-hybridized carbons (Fsp3) is 0.250. The fourth-order valence-corrected chi connectivity index (χ4v) is 3.88. The molecule has 1 fully saturated rings. The Morgan fingerprint density at radius 3 is 2.69 bits per heavy atom. The minimum atomic E-state index is 0.00254. The number of likely N-dealkylation sites (N-methyl/N-ethyl adjacent to an activating group) is 1. The number of aryl methyl sites for hydroxylation is 1. The molecular formula is C20H21N5S. The van der Waals surface area contributed by atoms with Gasteiger partial charge in [-0.3, -0.25) is 4.98 Å². The van der Waals surface area contributed by atoms with Crippen LogP contribution in [0.4, 0.5) is 0 Å². The van der Waals surface area contributed by atoms with Crippen molar-refractivity contribution in [2.24, 2.45) is 0 Å². The highest BCUT2D eigenvalue weighted by Gasteiger charge is 2.40. The molecule has 0 saturated carbocycles. The van der Waals surface area contributed by atoms with Gasteiger partial charge >= 0.3 is 0 Å². The number of nitrogens with zero attached hydrogens (tertiary/aromatic N) is 4. The molecule has 1 saturated heterocycles. The standard InChI is InChI=1S/C20H21N5S/c1-3-24-19(18(23-20(24)26)15-7-4-5-11-21-15)16-8-6-12-25(16)17-10-9-14(2)13-22-17/h4-13,18-19H,3H2,1-2H3,(H,23,26)/t18-,19+/m1/s1. The SMILES string of the molecule is CCN1C(=S)N[C@H](c2ccccn2)[C@@H]1c1cccn1-c1ccc(C)cn1. The summed E-state index contributed by atoms with van der Waals surface area (Å²) in [5.74, 6) is 0.907. The minimum Gasteiger partial charge on any atom is -0.352 e. The molecule has 0 amide bonds. The summed E-state index contributed by atoms with van der Waals surface area (Å²) in [6, 6.07) is 14.4. The van der Waals surface area contributed by atoms with E-state index < -0.39 is 0 Å². The Kier molecular flexibility index (Phi) is 4.42. The molecule has 26 heavy (non-hydrogen) atoms. The van der Waals surface area contributed by atoms with E-state index in [1.54, 1.807) is 0 Å². The summed E-state index contributed by atoms with van der Waals surface area (Å²) < 4.78 is 2.14. The lowest BCUT2D eigenvalue weighted by Gasteiger charge is -2.27. The van der Waals surface area contributed by atoms with E-state index in [0.717, 1.165) is 34.4 Å². The third-order valence-electron chi connectivity index (χ3n) is 4.76. The van der Waals surface area contributed by atoms with Gasteiger partial charge in [-0.15, -0.1) is 0 Å². The number of hydrogen-bond acceptors (Lipinski definition) is 3. The van der Waals surface area contributed by atoms with E-state index in [2.05, 4.69) is 56.1 Å². The maximum atomic E-state index is 5.61. The van der Waals surface area contributed by atoms with Crippen LogP contribution in [0.25, 0.3) is 5.82 Å². The summed E-state index contributed by atoms with van der Waals surface area (Å²) in [7, 11) is 0. The Labute approximate surface area is 158 Å². The number of nitrogens with one attached hydrogen (secondary N) is 1. The van der Waals surface area contributed by atoms with Gasteiger partial charge in [-0.1, -0.05) is 12.1 Å². The molecule has 132 valence electrons. The van der Waals surface area contributed by atoms with Gasteiger partial charge < -0.3 is 14.8 Å². The Balaban J connectivity index is 1.80. The van der Waals surface area contributed by atoms with Crippen molar-refractivity contribution < 1.29 is 0 Å². The van der Waals surface area contributed by atoms with Crippen LogP contribution in [0.15, 0.2) is 61.1 Å². The summed E-state index contributed by atoms with van der Waals surface area (Å²) in [4.78, 5) is 11.4. The third kappa shape index (κ3) is 2.86. The summed E-state index contributed by atoms with van der Waals surface area (Å²) in [6.07, 6.45) is 5.77. The molecule has 1 aliphatic rings. The molecular weight excluding hydrogens is 342 g/mol. The van der Waals surface area contributed by atoms with Gasteiger partial charge in [-0.05, 0) is 62.0 Å². The quantitative estimate of drug-likeness (QED) is 0.718. The zero-order valence-electron chi connectivity index (χ0n) is 14.8. The lowest BCUT2D eigenvalue weighted by atomic mass is 10.0. The van der Waals surface area contributed by atoms with Crippen LogP contribution in [0.3, 0.4) is 0 Å². The predicted molar refractivity (Wildman–Crippen MR) is 106 cm³/mol. The second kappa shape index (κ2) is 6.88. The Bertz CT molecular complexity index is 903. The van der Waals surface area contributed by atoms with Crippen LogP contribution in [-0.4, -0.2) is 31.1 Å². The summed E-state index contributed by atoms with van der Waals surface area (Å²) in [5, 5.41) is 4.22. The molecule has 2 atom stereocenters. The Morgan fingerprint density at radius 1 is 1.12 bits per heavy atom. The Morgan fingerprint density at radius 2 is 2.00 bits per heavy atom. The zero-order valence-corrected chi connectivity index (χ0v) is 15.6. The molecule has 1 N–H and O–H groups in total. The summed E-state index contributed by atoms with van der Waals surface area (Å²) in [5.41, 5.74) is 3.28. The Hall–Kier alpha value is -2.73. The normalized spacial score (nSPS) is 19.6. The number of pyridine rings is 2. The molecule has 4 heterocycles. The van der Waals surface area contributed by atoms with Crippen molar-refractivity contribution in [1.29, 1.82) is 0 Å². The summed E-state index contributed by atoms with van der Waals surface area (Å²) in [6.45, 7) is 4.99. The summed E-state index contributed by atoms with van der Waals surface area (Å²) >= 11 is 5.61. The second-order valence-corrected chi connectivity index (χ2v) is 6.80. The van der Waals surface area contributed by atoms with E-state index in [0.29, 0.717) is 0 Å². The lowest BCUT2D eigenvalue weighted by Crippen LogP contribution is -2.30. The predicted octanol–water partition coefficient (Wildman–Crippen LogP) is 3.57. The molecule has 0 bridgehead atoms. The molecule has 0 aliphatic carbocycles. The average molecular weight is 363 g/mol. The van der Waals surface area contributed by atoms with Crippen molar-refractivity contribution in [3.8, 4) is 5.82 Å². The molecule has 5 nitrogen and oxygen atoms in total. The van der Waals surface area contributed by atoms with Gasteiger partial charge in [0.1, 0.15) is 5.82 Å². The van der Waals surface area contributed by atoms with E-state index in [9.17, 15) is 0 Å². The molecule has 4 rings (SSSR count). The molecule has 3 aromatic heterocycles. The third-order valence-corrected chi connectivity index (χ3v) is 5.12. The van der Waals surface area contributed by atoms with E-state index in [4.69, 9.17) is 12.2 Å². The van der Waals surface area contributed by atoms with Gasteiger partial charge in [-0.2, -0.15) is 0 Å². The monoisotopic (exact) mass is 363 g/mol. The van der Waals surface area contributed by atoms with Crippen LogP contribution >= 0.6 is 12.2 Å². The number of hydrogen-bond donors (Lipinski definition) is 1. The first-order chi connectivity index (χ1) is 12.7. The van der Waals surface area contributed by atoms with Crippen molar-refractivity contribution in [3.05, 3.63) is 78.0 Å². The van der Waals surface area contributed by atoms with Gasteiger partial charge in [0.2, 0.25) is 0 Å². The molecule has 0 spiro atoms. The second-order valence-electron chi connectivity index (χ2n) is 6.41. The zero-order chi connectivity index (χ0) is 18.1. The van der Waals surface area contributed by atoms with Crippen LogP contribution in [0.1, 0.15) is 36.0 Å². The highest BCUT2D eigenvalue weighted by atomic mass is 32.1. The number of rotatable bonds is 4. The maximum absolute atomic E-state index is 5.61. The molecule has 0 unspecified atom stereocenters. The first-order valence-corrected chi connectivity index (χ1v) is 9.18.